The largest absolute Gasteiger partial charge is 0.485 e. The number of esters is 1. The van der Waals surface area contributed by atoms with E-state index >= 15 is 0 Å². The minimum atomic E-state index is -0.880. The van der Waals surface area contributed by atoms with Crippen molar-refractivity contribution in [3.8, 4) is 17.0 Å². The summed E-state index contributed by atoms with van der Waals surface area (Å²) in [5, 5.41) is 8.37. The van der Waals surface area contributed by atoms with E-state index in [0.29, 0.717) is 0 Å². The minimum absolute atomic E-state index is 0.00337. The average Bonchev–Trinajstić information content (AvgIpc) is 2.98. The van der Waals surface area contributed by atoms with E-state index in [1.165, 1.54) is 7.11 Å². The van der Waals surface area contributed by atoms with Gasteiger partial charge in [0, 0.05) is 23.1 Å². The van der Waals surface area contributed by atoms with Gasteiger partial charge in [-0.1, -0.05) is 66.7 Å². The van der Waals surface area contributed by atoms with Crippen LogP contribution in [0, 0.1) is 0 Å². The number of benzene rings is 3. The van der Waals surface area contributed by atoms with E-state index in [9.17, 15) is 14.4 Å². The Balaban J connectivity index is 1.37. The molecule has 5 aromatic rings. The van der Waals surface area contributed by atoms with E-state index in [-0.39, 0.29) is 24.0 Å². The smallest absolute Gasteiger partial charge is 0.328 e. The first-order chi connectivity index (χ1) is 19.3. The van der Waals surface area contributed by atoms with Gasteiger partial charge in [0.15, 0.2) is 5.75 Å². The molecule has 0 aliphatic carbocycles. The molecule has 0 aliphatic heterocycles. The van der Waals surface area contributed by atoms with Gasteiger partial charge in [-0.2, -0.15) is 0 Å². The van der Waals surface area contributed by atoms with Gasteiger partial charge in [0.1, 0.15) is 17.5 Å². The molecule has 0 amide bonds. The van der Waals surface area contributed by atoms with Crippen molar-refractivity contribution in [2.24, 2.45) is 0 Å². The van der Waals surface area contributed by atoms with Crippen LogP contribution < -0.4 is 26.2 Å². The maximum absolute atomic E-state index is 12.5. The van der Waals surface area contributed by atoms with Crippen LogP contribution >= 0.6 is 0 Å². The summed E-state index contributed by atoms with van der Waals surface area (Å²) < 4.78 is 10.4. The lowest BCUT2D eigenvalue weighted by Crippen LogP contribution is -2.42. The summed E-state index contributed by atoms with van der Waals surface area (Å²) >= 11 is 0. The fraction of sp³-hybridized carbons (Fsp3) is 0.188. The Labute approximate surface area is 231 Å². The van der Waals surface area contributed by atoms with Crippen LogP contribution in [0.15, 0.2) is 94.5 Å². The Hall–Kier alpha value is -4.98. The highest BCUT2D eigenvalue weighted by molar-refractivity contribution is 5.95. The highest BCUT2D eigenvalue weighted by Gasteiger charge is 2.29. The van der Waals surface area contributed by atoms with Crippen LogP contribution in [0.5, 0.6) is 5.75 Å². The van der Waals surface area contributed by atoms with Gasteiger partial charge in [-0.15, -0.1) is 0 Å². The van der Waals surface area contributed by atoms with Crippen molar-refractivity contribution in [2.45, 2.75) is 32.4 Å². The summed E-state index contributed by atoms with van der Waals surface area (Å²) in [7, 11) is 1.28. The zero-order valence-electron chi connectivity index (χ0n) is 22.4. The van der Waals surface area contributed by atoms with Crippen molar-refractivity contribution in [2.75, 3.05) is 17.7 Å². The molecule has 8 heteroatoms. The van der Waals surface area contributed by atoms with Gasteiger partial charge >= 0.3 is 5.97 Å². The zero-order valence-corrected chi connectivity index (χ0v) is 22.4. The molecule has 1 aromatic heterocycles. The number of ether oxygens (including phenoxy) is 2. The molecule has 0 bridgehead atoms. The van der Waals surface area contributed by atoms with E-state index in [1.54, 1.807) is 13.8 Å². The van der Waals surface area contributed by atoms with Crippen LogP contribution in [0.1, 0.15) is 19.4 Å². The van der Waals surface area contributed by atoms with Crippen LogP contribution in [0.4, 0.5) is 17.2 Å². The lowest BCUT2D eigenvalue weighted by atomic mass is 10.0. The monoisotopic (exact) mass is 535 g/mol. The standard InChI is InChI=1S/C32H29N3O5/c1-19(2)40-30-27(28(36)29(30)37)34-26(32(38)39-3)17-20-13-15-23(16-14-20)33-31-24-12-8-7-11-22(24)18-25(35-31)21-9-5-4-6-10-21/h4-16,18-19,26,34H,17H2,1-3H3,(H,33,35)/t26-/m0/s1. The van der Waals surface area contributed by atoms with E-state index in [0.717, 1.165) is 39.1 Å². The second-order valence-electron chi connectivity index (χ2n) is 9.72. The number of anilines is 3. The molecule has 0 aliphatic rings. The number of rotatable bonds is 10. The molecule has 8 nitrogen and oxygen atoms in total. The lowest BCUT2D eigenvalue weighted by Gasteiger charge is -2.21. The number of carbonyl (C=O) groups excluding carboxylic acids is 1. The molecule has 0 radical (unpaired) electrons. The van der Waals surface area contributed by atoms with Gasteiger partial charge in [0.2, 0.25) is 0 Å². The highest BCUT2D eigenvalue weighted by atomic mass is 16.5. The molecule has 40 heavy (non-hydrogen) atoms. The van der Waals surface area contributed by atoms with Crippen molar-refractivity contribution >= 4 is 33.9 Å². The van der Waals surface area contributed by atoms with E-state index in [1.807, 2.05) is 72.8 Å². The second-order valence-corrected chi connectivity index (χ2v) is 9.72. The molecule has 1 atom stereocenters. The van der Waals surface area contributed by atoms with Gasteiger partial charge in [-0.25, -0.2) is 9.78 Å². The normalized spacial score (nSPS) is 11.9. The molecule has 0 spiro atoms. The van der Waals surface area contributed by atoms with Crippen LogP contribution in [-0.4, -0.2) is 30.2 Å². The Morgan fingerprint density at radius 1 is 0.900 bits per heavy atom. The molecule has 4 aromatic carbocycles. The molecule has 0 unspecified atom stereocenters. The summed E-state index contributed by atoms with van der Waals surface area (Å²) in [6, 6.07) is 26.9. The van der Waals surface area contributed by atoms with Crippen LogP contribution in [0.25, 0.3) is 22.0 Å². The van der Waals surface area contributed by atoms with E-state index in [2.05, 4.69) is 22.8 Å². The molecule has 5 rings (SSSR count). The van der Waals surface area contributed by atoms with Crippen LogP contribution in [0.2, 0.25) is 0 Å². The summed E-state index contributed by atoms with van der Waals surface area (Å²) in [6.45, 7) is 3.51. The Morgan fingerprint density at radius 3 is 2.30 bits per heavy atom. The predicted octanol–water partition coefficient (Wildman–Crippen LogP) is 5.22. The summed E-state index contributed by atoms with van der Waals surface area (Å²) in [5.41, 5.74) is 2.14. The number of carbonyl (C=O) groups is 1. The van der Waals surface area contributed by atoms with Crippen molar-refractivity contribution in [1.29, 1.82) is 0 Å². The minimum Gasteiger partial charge on any atom is -0.485 e. The third-order valence-corrected chi connectivity index (χ3v) is 6.49. The fourth-order valence-electron chi connectivity index (χ4n) is 4.51. The number of pyridine rings is 1. The van der Waals surface area contributed by atoms with Crippen molar-refractivity contribution < 1.29 is 14.3 Å². The predicted molar refractivity (Wildman–Crippen MR) is 157 cm³/mol. The molecule has 202 valence electrons. The summed E-state index contributed by atoms with van der Waals surface area (Å²) in [4.78, 5) is 41.5. The number of hydrogen-bond donors (Lipinski definition) is 2. The topological polar surface area (TPSA) is 107 Å². The number of hydrogen-bond acceptors (Lipinski definition) is 8. The van der Waals surface area contributed by atoms with Gasteiger partial charge in [-0.3, -0.25) is 9.59 Å². The first kappa shape index (κ1) is 26.6. The zero-order chi connectivity index (χ0) is 28.2. The SMILES string of the molecule is COC(=O)[C@H](Cc1ccc(Nc2nc(-c3ccccc3)cc3ccccc23)cc1)Nc1c(OC(C)C)c(=O)c1=O. The Kier molecular flexibility index (Phi) is 7.59. The molecular formula is C32H29N3O5. The third kappa shape index (κ3) is 5.56. The number of fused-ring (bicyclic) bond motifs is 1. The number of nitrogens with zero attached hydrogens (tertiary/aromatic N) is 1. The molecule has 1 heterocycles. The summed E-state index contributed by atoms with van der Waals surface area (Å²) in [6.07, 6.45) is -0.0575. The number of nitrogens with one attached hydrogen (secondary N) is 2. The van der Waals surface area contributed by atoms with Crippen molar-refractivity contribution in [3.63, 3.8) is 0 Å². The number of methoxy groups -OCH3 is 1. The first-order valence-corrected chi connectivity index (χ1v) is 13.0. The molecule has 0 saturated heterocycles. The third-order valence-electron chi connectivity index (χ3n) is 6.49. The molecule has 0 fully saturated rings. The maximum atomic E-state index is 12.5. The lowest BCUT2D eigenvalue weighted by molar-refractivity contribution is -0.141. The highest BCUT2D eigenvalue weighted by Crippen LogP contribution is 2.30. The molecular weight excluding hydrogens is 506 g/mol. The Bertz CT molecular complexity index is 1720. The van der Waals surface area contributed by atoms with E-state index < -0.39 is 22.9 Å². The average molecular weight is 536 g/mol. The van der Waals surface area contributed by atoms with Gasteiger partial charge in [0.25, 0.3) is 10.9 Å². The number of aromatic nitrogens is 1. The summed E-state index contributed by atoms with van der Waals surface area (Å²) in [5.74, 6) is 0.127. The molecule has 2 N–H and O–H groups in total. The maximum Gasteiger partial charge on any atom is 0.328 e. The quantitative estimate of drug-likeness (QED) is 0.185. The van der Waals surface area contributed by atoms with Gasteiger partial charge in [-0.05, 0) is 43.0 Å². The van der Waals surface area contributed by atoms with Crippen LogP contribution in [-0.2, 0) is 16.0 Å². The molecule has 0 saturated carbocycles. The Morgan fingerprint density at radius 2 is 1.60 bits per heavy atom. The van der Waals surface area contributed by atoms with Crippen molar-refractivity contribution in [1.82, 2.24) is 4.98 Å². The van der Waals surface area contributed by atoms with Crippen LogP contribution in [0.3, 0.4) is 0 Å². The fourth-order valence-corrected chi connectivity index (χ4v) is 4.51. The van der Waals surface area contributed by atoms with Gasteiger partial charge in [0.05, 0.1) is 18.9 Å². The van der Waals surface area contributed by atoms with Crippen molar-refractivity contribution in [3.05, 3.63) is 111 Å². The first-order valence-electron chi connectivity index (χ1n) is 13.0. The second kappa shape index (κ2) is 11.4. The van der Waals surface area contributed by atoms with Gasteiger partial charge < -0.3 is 20.1 Å². The van der Waals surface area contributed by atoms with E-state index in [4.69, 9.17) is 14.5 Å².